The van der Waals surface area contributed by atoms with E-state index in [9.17, 15) is 13.2 Å². The van der Waals surface area contributed by atoms with Gasteiger partial charge in [0.1, 0.15) is 5.75 Å². The number of para-hydroxylation sites is 2. The van der Waals surface area contributed by atoms with Gasteiger partial charge in [-0.15, -0.1) is 0 Å². The van der Waals surface area contributed by atoms with Gasteiger partial charge in [0, 0.05) is 6.54 Å². The molecule has 1 atom stereocenters. The minimum Gasteiger partial charge on any atom is -0.476 e. The van der Waals surface area contributed by atoms with Crippen molar-refractivity contribution in [3.05, 3.63) is 89.5 Å². The van der Waals surface area contributed by atoms with Crippen LogP contribution in [-0.2, 0) is 21.2 Å². The first-order valence-corrected chi connectivity index (χ1v) is 12.5. The molecule has 0 saturated carbocycles. The van der Waals surface area contributed by atoms with Gasteiger partial charge in [-0.25, -0.2) is 8.42 Å². The fraction of sp³-hybridized carbons (Fsp3) is 0.269. The van der Waals surface area contributed by atoms with E-state index in [1.807, 2.05) is 13.0 Å². The molecule has 6 nitrogen and oxygen atoms in total. The van der Waals surface area contributed by atoms with Crippen molar-refractivity contribution in [3.8, 4) is 5.75 Å². The standard InChI is InChI=1S/C26H28N2O4S/c1-19-12-14-22(15-13-19)33(30,31)28-18-25(32-24-11-4-3-10-23(24)28)26(29)27-16-6-9-21-8-5-7-20(2)17-21/h3-5,7-8,10-15,17,25H,6,9,16,18H2,1-2H3,(H,27,29). The highest BCUT2D eigenvalue weighted by Gasteiger charge is 2.37. The second-order valence-corrected chi connectivity index (χ2v) is 10.2. The summed E-state index contributed by atoms with van der Waals surface area (Å²) in [5, 5.41) is 2.90. The molecule has 0 aromatic heterocycles. The molecule has 1 unspecified atom stereocenters. The van der Waals surface area contributed by atoms with E-state index in [0.29, 0.717) is 18.0 Å². The summed E-state index contributed by atoms with van der Waals surface area (Å²) in [6.07, 6.45) is 0.702. The summed E-state index contributed by atoms with van der Waals surface area (Å²) in [6, 6.07) is 21.9. The molecule has 33 heavy (non-hydrogen) atoms. The maximum absolute atomic E-state index is 13.4. The Kier molecular flexibility index (Phi) is 6.70. The smallest absolute Gasteiger partial charge is 0.264 e. The molecule has 172 valence electrons. The number of carbonyl (C=O) groups is 1. The first-order valence-electron chi connectivity index (χ1n) is 11.0. The van der Waals surface area contributed by atoms with Crippen LogP contribution in [0.3, 0.4) is 0 Å². The van der Waals surface area contributed by atoms with Gasteiger partial charge in [-0.2, -0.15) is 0 Å². The molecule has 1 amide bonds. The minimum atomic E-state index is -3.85. The number of amides is 1. The number of nitrogens with one attached hydrogen (secondary N) is 1. The number of anilines is 1. The Morgan fingerprint density at radius 3 is 2.52 bits per heavy atom. The highest BCUT2D eigenvalue weighted by molar-refractivity contribution is 7.92. The maximum atomic E-state index is 13.4. The monoisotopic (exact) mass is 464 g/mol. The molecule has 0 spiro atoms. The Labute approximate surface area is 195 Å². The number of hydrogen-bond donors (Lipinski definition) is 1. The van der Waals surface area contributed by atoms with Crippen LogP contribution in [0.15, 0.2) is 77.7 Å². The Morgan fingerprint density at radius 1 is 1.00 bits per heavy atom. The topological polar surface area (TPSA) is 75.7 Å². The number of nitrogens with zero attached hydrogens (tertiary/aromatic N) is 1. The van der Waals surface area contributed by atoms with Gasteiger partial charge >= 0.3 is 0 Å². The van der Waals surface area contributed by atoms with Crippen molar-refractivity contribution < 1.29 is 17.9 Å². The van der Waals surface area contributed by atoms with Gasteiger partial charge in [-0.3, -0.25) is 9.10 Å². The van der Waals surface area contributed by atoms with Gasteiger partial charge < -0.3 is 10.1 Å². The van der Waals surface area contributed by atoms with Crippen LogP contribution in [0, 0.1) is 13.8 Å². The molecule has 3 aromatic carbocycles. The SMILES string of the molecule is Cc1ccc(S(=O)(=O)N2CC(C(=O)NCCCc3cccc(C)c3)Oc3ccccc32)cc1. The molecule has 1 heterocycles. The molecule has 7 heteroatoms. The van der Waals surface area contributed by atoms with Crippen LogP contribution in [0.5, 0.6) is 5.75 Å². The molecule has 0 radical (unpaired) electrons. The summed E-state index contributed by atoms with van der Waals surface area (Å²) < 4.78 is 34.0. The molecule has 0 fully saturated rings. The van der Waals surface area contributed by atoms with Gasteiger partial charge in [-0.05, 0) is 56.5 Å². The minimum absolute atomic E-state index is 0.0864. The van der Waals surface area contributed by atoms with Gasteiger partial charge in [0.25, 0.3) is 15.9 Å². The van der Waals surface area contributed by atoms with Crippen LogP contribution in [-0.4, -0.2) is 33.5 Å². The lowest BCUT2D eigenvalue weighted by Crippen LogP contribution is -2.50. The number of rotatable bonds is 7. The second kappa shape index (κ2) is 9.67. The molecule has 0 bridgehead atoms. The first kappa shape index (κ1) is 22.9. The molecule has 1 aliphatic rings. The Morgan fingerprint density at radius 2 is 1.76 bits per heavy atom. The van der Waals surface area contributed by atoms with Crippen LogP contribution >= 0.6 is 0 Å². The largest absolute Gasteiger partial charge is 0.476 e. The lowest BCUT2D eigenvalue weighted by atomic mass is 10.1. The van der Waals surface area contributed by atoms with E-state index in [1.54, 1.807) is 48.5 Å². The summed E-state index contributed by atoms with van der Waals surface area (Å²) in [5.74, 6) is 0.0530. The van der Waals surface area contributed by atoms with Crippen molar-refractivity contribution >= 4 is 21.6 Å². The number of sulfonamides is 1. The molecular weight excluding hydrogens is 436 g/mol. The first-order chi connectivity index (χ1) is 15.8. The third kappa shape index (κ3) is 5.20. The van der Waals surface area contributed by atoms with Crippen molar-refractivity contribution in [2.75, 3.05) is 17.4 Å². The summed E-state index contributed by atoms with van der Waals surface area (Å²) in [4.78, 5) is 13.1. The Balaban J connectivity index is 1.46. The van der Waals surface area contributed by atoms with Crippen LogP contribution in [0.25, 0.3) is 0 Å². The van der Waals surface area contributed by atoms with E-state index in [-0.39, 0.29) is 17.3 Å². The zero-order chi connectivity index (χ0) is 23.4. The third-order valence-corrected chi connectivity index (χ3v) is 7.45. The van der Waals surface area contributed by atoms with Crippen LogP contribution in [0.4, 0.5) is 5.69 Å². The van der Waals surface area contributed by atoms with E-state index in [1.165, 1.54) is 15.4 Å². The van der Waals surface area contributed by atoms with Crippen molar-refractivity contribution in [1.82, 2.24) is 5.32 Å². The van der Waals surface area contributed by atoms with Crippen molar-refractivity contribution in [1.29, 1.82) is 0 Å². The van der Waals surface area contributed by atoms with Crippen molar-refractivity contribution in [3.63, 3.8) is 0 Å². The number of ether oxygens (including phenoxy) is 1. The van der Waals surface area contributed by atoms with Crippen molar-refractivity contribution in [2.24, 2.45) is 0 Å². The van der Waals surface area contributed by atoms with Gasteiger partial charge in [0.05, 0.1) is 17.1 Å². The fourth-order valence-electron chi connectivity index (χ4n) is 3.89. The summed E-state index contributed by atoms with van der Waals surface area (Å²) in [5.41, 5.74) is 3.84. The van der Waals surface area contributed by atoms with Crippen LogP contribution < -0.4 is 14.4 Å². The number of carbonyl (C=O) groups excluding carboxylic acids is 1. The van der Waals surface area contributed by atoms with E-state index in [2.05, 4.69) is 30.4 Å². The number of hydrogen-bond acceptors (Lipinski definition) is 4. The van der Waals surface area contributed by atoms with Gasteiger partial charge in [0.15, 0.2) is 6.10 Å². The lowest BCUT2D eigenvalue weighted by molar-refractivity contribution is -0.127. The molecule has 3 aromatic rings. The molecule has 0 saturated heterocycles. The zero-order valence-electron chi connectivity index (χ0n) is 18.8. The highest BCUT2D eigenvalue weighted by Crippen LogP contribution is 2.36. The molecular formula is C26H28N2O4S. The zero-order valence-corrected chi connectivity index (χ0v) is 19.6. The van der Waals surface area contributed by atoms with Crippen LogP contribution in [0.1, 0.15) is 23.1 Å². The average Bonchev–Trinajstić information content (AvgIpc) is 2.81. The molecule has 4 rings (SSSR count). The normalized spacial score (nSPS) is 15.5. The lowest BCUT2D eigenvalue weighted by Gasteiger charge is -2.34. The predicted octanol–water partition coefficient (Wildman–Crippen LogP) is 4.01. The van der Waals surface area contributed by atoms with Crippen LogP contribution in [0.2, 0.25) is 0 Å². The van der Waals surface area contributed by atoms with E-state index < -0.39 is 16.1 Å². The summed E-state index contributed by atoms with van der Waals surface area (Å²) >= 11 is 0. The third-order valence-electron chi connectivity index (χ3n) is 5.66. The highest BCUT2D eigenvalue weighted by atomic mass is 32.2. The number of benzene rings is 3. The van der Waals surface area contributed by atoms with Crippen molar-refractivity contribution in [2.45, 2.75) is 37.7 Å². The van der Waals surface area contributed by atoms with E-state index >= 15 is 0 Å². The summed E-state index contributed by atoms with van der Waals surface area (Å²) in [6.45, 7) is 4.36. The second-order valence-electron chi connectivity index (χ2n) is 8.31. The quantitative estimate of drug-likeness (QED) is 0.536. The van der Waals surface area contributed by atoms with E-state index in [4.69, 9.17) is 4.74 Å². The molecule has 0 aliphatic carbocycles. The fourth-order valence-corrected chi connectivity index (χ4v) is 5.37. The molecule has 1 aliphatic heterocycles. The van der Waals surface area contributed by atoms with Gasteiger partial charge in [-0.1, -0.05) is 59.7 Å². The van der Waals surface area contributed by atoms with Gasteiger partial charge in [0.2, 0.25) is 0 Å². The Bertz CT molecular complexity index is 1240. The predicted molar refractivity (Wildman–Crippen MR) is 129 cm³/mol. The maximum Gasteiger partial charge on any atom is 0.264 e. The summed E-state index contributed by atoms with van der Waals surface area (Å²) in [7, 11) is -3.85. The number of aryl methyl sites for hydroxylation is 3. The Hall–Kier alpha value is -3.32. The molecule has 1 N–H and O–H groups in total. The average molecular weight is 465 g/mol. The number of fused-ring (bicyclic) bond motifs is 1. The van der Waals surface area contributed by atoms with E-state index in [0.717, 1.165) is 18.4 Å².